The Morgan fingerprint density at radius 2 is 1.82 bits per heavy atom. The molecule has 0 bridgehead atoms. The molecule has 1 aliphatic heterocycles. The Labute approximate surface area is 238 Å². The van der Waals surface area contributed by atoms with Crippen molar-refractivity contribution >= 4 is 34.9 Å². The van der Waals surface area contributed by atoms with Gasteiger partial charge < -0.3 is 24.7 Å². The molecule has 1 fully saturated rings. The van der Waals surface area contributed by atoms with Gasteiger partial charge in [0.25, 0.3) is 0 Å². The average molecular weight is 555 g/mol. The fourth-order valence-corrected chi connectivity index (χ4v) is 5.31. The summed E-state index contributed by atoms with van der Waals surface area (Å²) >= 11 is 5.74. The Morgan fingerprint density at radius 1 is 1.05 bits per heavy atom. The van der Waals surface area contributed by atoms with Crippen LogP contribution in [0.25, 0.3) is 11.3 Å². The largest absolute Gasteiger partial charge is 0.465 e. The quantitative estimate of drug-likeness (QED) is 0.201. The molecule has 5 rings (SSSR count). The van der Waals surface area contributed by atoms with Crippen molar-refractivity contribution in [1.29, 1.82) is 0 Å². The highest BCUT2D eigenvalue weighted by Gasteiger charge is 2.41. The van der Waals surface area contributed by atoms with Crippen molar-refractivity contribution in [2.45, 2.75) is 31.8 Å². The van der Waals surface area contributed by atoms with E-state index in [9.17, 15) is 9.59 Å². The maximum absolute atomic E-state index is 13.0. The molecule has 1 amide bonds. The van der Waals surface area contributed by atoms with Crippen LogP contribution in [-0.4, -0.2) is 40.5 Å². The Hall–Kier alpha value is -4.50. The van der Waals surface area contributed by atoms with Crippen molar-refractivity contribution in [3.8, 4) is 11.3 Å². The first-order valence-electron chi connectivity index (χ1n) is 13.1. The van der Waals surface area contributed by atoms with Crippen LogP contribution in [-0.2, 0) is 16.0 Å². The van der Waals surface area contributed by atoms with Gasteiger partial charge in [0, 0.05) is 30.4 Å². The second kappa shape index (κ2) is 12.1. The Morgan fingerprint density at radius 3 is 2.60 bits per heavy atom. The molecule has 0 unspecified atom stereocenters. The summed E-state index contributed by atoms with van der Waals surface area (Å²) < 4.78 is 11.3. The van der Waals surface area contributed by atoms with E-state index in [4.69, 9.17) is 21.4 Å². The predicted molar refractivity (Wildman–Crippen MR) is 157 cm³/mol. The number of methoxy groups -OCH3 is 1. The lowest BCUT2D eigenvalue weighted by molar-refractivity contribution is -0.116. The lowest BCUT2D eigenvalue weighted by Gasteiger charge is -2.26. The normalized spacial score (nSPS) is 16.4. The van der Waals surface area contributed by atoms with Gasteiger partial charge in [-0.1, -0.05) is 49.4 Å². The van der Waals surface area contributed by atoms with Crippen LogP contribution in [0.5, 0.6) is 0 Å². The number of thiocarbonyl (C=S) groups is 1. The van der Waals surface area contributed by atoms with Crippen molar-refractivity contribution in [3.63, 3.8) is 0 Å². The van der Waals surface area contributed by atoms with Crippen molar-refractivity contribution in [1.82, 2.24) is 15.2 Å². The van der Waals surface area contributed by atoms with Gasteiger partial charge in [-0.3, -0.25) is 9.78 Å². The number of carbonyl (C=O) groups is 2. The number of esters is 1. The lowest BCUT2D eigenvalue weighted by atomic mass is 10.0. The van der Waals surface area contributed by atoms with E-state index < -0.39 is 5.97 Å². The zero-order chi connectivity index (χ0) is 28.1. The maximum Gasteiger partial charge on any atom is 0.338 e. The molecule has 2 atom stereocenters. The average Bonchev–Trinajstić information content (AvgIpc) is 3.60. The zero-order valence-electron chi connectivity index (χ0n) is 22.3. The number of aromatic nitrogens is 1. The van der Waals surface area contributed by atoms with E-state index in [-0.39, 0.29) is 24.4 Å². The number of hydrogen-bond donors (Lipinski definition) is 2. The highest BCUT2D eigenvalue weighted by molar-refractivity contribution is 7.80. The Bertz CT molecular complexity index is 1520. The van der Waals surface area contributed by atoms with Crippen molar-refractivity contribution in [2.75, 3.05) is 19.0 Å². The first-order valence-corrected chi connectivity index (χ1v) is 13.5. The van der Waals surface area contributed by atoms with Gasteiger partial charge >= 0.3 is 5.97 Å². The zero-order valence-corrected chi connectivity index (χ0v) is 23.1. The number of pyridine rings is 1. The van der Waals surface area contributed by atoms with Crippen LogP contribution in [0.2, 0.25) is 0 Å². The van der Waals surface area contributed by atoms with Gasteiger partial charge in [-0.2, -0.15) is 0 Å². The number of rotatable bonds is 9. The van der Waals surface area contributed by atoms with Gasteiger partial charge in [0.05, 0.1) is 24.4 Å². The molecule has 0 radical (unpaired) electrons. The lowest BCUT2D eigenvalue weighted by Crippen LogP contribution is -2.32. The minimum atomic E-state index is -0.444. The molecule has 204 valence electrons. The van der Waals surface area contributed by atoms with Crippen molar-refractivity contribution < 1.29 is 18.7 Å². The molecule has 1 saturated heterocycles. The summed E-state index contributed by atoms with van der Waals surface area (Å²) in [6, 6.07) is 23.7. The summed E-state index contributed by atoms with van der Waals surface area (Å²) in [5, 5.41) is 6.92. The highest BCUT2D eigenvalue weighted by atomic mass is 32.1. The second-order valence-corrected chi connectivity index (χ2v) is 9.75. The Balaban J connectivity index is 1.43. The molecule has 2 N–H and O–H groups in total. The number of anilines is 1. The number of aryl methyl sites for hydroxylation is 1. The second-order valence-electron chi connectivity index (χ2n) is 9.37. The van der Waals surface area contributed by atoms with Gasteiger partial charge in [-0.25, -0.2) is 4.79 Å². The molecule has 8 nitrogen and oxygen atoms in total. The number of ether oxygens (including phenoxy) is 1. The first-order chi connectivity index (χ1) is 19.5. The first kappa shape index (κ1) is 27.1. The van der Waals surface area contributed by atoms with Crippen LogP contribution in [0.3, 0.4) is 0 Å². The molecule has 0 aliphatic carbocycles. The highest BCUT2D eigenvalue weighted by Crippen LogP contribution is 2.41. The number of carbonyl (C=O) groups excluding carboxylic acids is 2. The molecule has 40 heavy (non-hydrogen) atoms. The standard InChI is InChI=1S/C31H30N4O4S/c1-3-20-10-4-7-13-23(20)33-27(36)17-19-35-29(28(34-31(35)40)24-14-8-9-18-32-24)26-16-15-25(39-26)21-11-5-6-12-22(21)30(37)38-2/h4-16,18,28-29H,3,17,19H2,1-2H3,(H,33,36)(H,34,40)/t28-,29-/m1/s1. The van der Waals surface area contributed by atoms with Gasteiger partial charge in [-0.05, 0) is 60.6 Å². The number of amides is 1. The molecule has 2 aromatic carbocycles. The molecule has 0 saturated carbocycles. The van der Waals surface area contributed by atoms with Gasteiger partial charge in [0.15, 0.2) is 5.11 Å². The Kier molecular flexibility index (Phi) is 8.21. The third kappa shape index (κ3) is 5.60. The van der Waals surface area contributed by atoms with Crippen molar-refractivity contribution in [3.05, 3.63) is 108 Å². The summed E-state index contributed by atoms with van der Waals surface area (Å²) in [7, 11) is 1.35. The minimum absolute atomic E-state index is 0.101. The van der Waals surface area contributed by atoms with E-state index in [1.807, 2.05) is 71.6 Å². The summed E-state index contributed by atoms with van der Waals surface area (Å²) in [6.45, 7) is 2.43. The maximum atomic E-state index is 13.0. The van der Waals surface area contributed by atoms with Crippen LogP contribution in [0.15, 0.2) is 89.5 Å². The van der Waals surface area contributed by atoms with Gasteiger partial charge in [0.2, 0.25) is 5.91 Å². The number of furan rings is 1. The van der Waals surface area contributed by atoms with E-state index in [1.165, 1.54) is 7.11 Å². The molecule has 2 aromatic heterocycles. The van der Waals surface area contributed by atoms with Crippen LogP contribution in [0, 0.1) is 0 Å². The van der Waals surface area contributed by atoms with E-state index in [0.717, 1.165) is 23.4 Å². The van der Waals surface area contributed by atoms with Gasteiger partial charge in [0.1, 0.15) is 17.6 Å². The topological polar surface area (TPSA) is 96.7 Å². The third-order valence-electron chi connectivity index (χ3n) is 6.97. The number of benzene rings is 2. The van der Waals surface area contributed by atoms with E-state index in [0.29, 0.717) is 34.3 Å². The SMILES string of the molecule is CCc1ccccc1NC(=O)CCN1C(=S)N[C@H](c2ccccn2)[C@H]1c1ccc(-c2ccccc2C(=O)OC)o1. The summed E-state index contributed by atoms with van der Waals surface area (Å²) in [5.41, 5.74) is 3.74. The molecule has 0 spiro atoms. The molecular formula is C31H30N4O4S. The predicted octanol–water partition coefficient (Wildman–Crippen LogP) is 5.69. The van der Waals surface area contributed by atoms with Crippen molar-refractivity contribution in [2.24, 2.45) is 0 Å². The molecule has 9 heteroatoms. The molecule has 3 heterocycles. The number of nitrogens with zero attached hydrogens (tertiary/aromatic N) is 2. The van der Waals surface area contributed by atoms with E-state index in [1.54, 1.807) is 18.3 Å². The number of para-hydroxylation sites is 1. The van der Waals surface area contributed by atoms with Crippen LogP contribution >= 0.6 is 12.2 Å². The van der Waals surface area contributed by atoms with E-state index >= 15 is 0 Å². The molecule has 4 aromatic rings. The third-order valence-corrected chi connectivity index (χ3v) is 7.32. The summed E-state index contributed by atoms with van der Waals surface area (Å²) in [5.74, 6) is 0.619. The summed E-state index contributed by atoms with van der Waals surface area (Å²) in [4.78, 5) is 31.9. The molecular weight excluding hydrogens is 524 g/mol. The summed E-state index contributed by atoms with van der Waals surface area (Å²) in [6.07, 6.45) is 2.78. The minimum Gasteiger partial charge on any atom is -0.465 e. The van der Waals surface area contributed by atoms with E-state index in [2.05, 4.69) is 22.5 Å². The molecule has 1 aliphatic rings. The van der Waals surface area contributed by atoms with Crippen LogP contribution in [0.1, 0.15) is 52.8 Å². The smallest absolute Gasteiger partial charge is 0.338 e. The fraction of sp³-hybridized carbons (Fsp3) is 0.226. The van der Waals surface area contributed by atoms with Gasteiger partial charge in [-0.15, -0.1) is 0 Å². The monoisotopic (exact) mass is 554 g/mol. The van der Waals surface area contributed by atoms with Crippen LogP contribution < -0.4 is 10.6 Å². The number of nitrogens with one attached hydrogen (secondary N) is 2. The fourth-order valence-electron chi connectivity index (χ4n) is 4.98. The van der Waals surface area contributed by atoms with Crippen LogP contribution in [0.4, 0.5) is 5.69 Å². The number of hydrogen-bond acceptors (Lipinski definition) is 6.